The minimum atomic E-state index is 0.302. The molecule has 5 heteroatoms. The lowest BCUT2D eigenvalue weighted by atomic mass is 9.87. The Bertz CT molecular complexity index is 898. The van der Waals surface area contributed by atoms with Crippen molar-refractivity contribution < 1.29 is 4.74 Å². The SMILES string of the molecule is C=CCOc1ccc(-c2c(C#N)c(N)nc3c2[C@H]2CC[C@@H](C3)N2C)cc1. The molecule has 2 aliphatic rings. The summed E-state index contributed by atoms with van der Waals surface area (Å²) in [5.74, 6) is 1.11. The van der Waals surface area contributed by atoms with Gasteiger partial charge in [0.1, 0.15) is 29.8 Å². The van der Waals surface area contributed by atoms with Crippen LogP contribution in [0, 0.1) is 11.3 Å². The number of likely N-dealkylation sites (N-methyl/N-ethyl adjacent to an activating group) is 1. The summed E-state index contributed by atoms with van der Waals surface area (Å²) in [5.41, 5.74) is 10.8. The molecule has 1 fully saturated rings. The molecule has 3 heterocycles. The number of nitrogens with zero attached hydrogens (tertiary/aromatic N) is 3. The zero-order valence-electron chi connectivity index (χ0n) is 14.9. The van der Waals surface area contributed by atoms with Crippen molar-refractivity contribution in [1.29, 1.82) is 5.26 Å². The third-order valence-electron chi connectivity index (χ3n) is 5.57. The Morgan fingerprint density at radius 2 is 2.15 bits per heavy atom. The van der Waals surface area contributed by atoms with Crippen molar-refractivity contribution in [2.75, 3.05) is 19.4 Å². The Morgan fingerprint density at radius 3 is 2.85 bits per heavy atom. The fraction of sp³-hybridized carbons (Fsp3) is 0.333. The van der Waals surface area contributed by atoms with Crippen molar-refractivity contribution in [3.63, 3.8) is 0 Å². The summed E-state index contributed by atoms with van der Waals surface area (Å²) >= 11 is 0. The Balaban J connectivity index is 1.87. The van der Waals surface area contributed by atoms with Gasteiger partial charge in [0.2, 0.25) is 0 Å². The Kier molecular flexibility index (Phi) is 4.14. The van der Waals surface area contributed by atoms with Crippen LogP contribution in [0.2, 0.25) is 0 Å². The minimum absolute atomic E-state index is 0.302. The number of nitrogen functional groups attached to an aromatic ring is 1. The molecule has 0 unspecified atom stereocenters. The Labute approximate surface area is 153 Å². The lowest BCUT2D eigenvalue weighted by Gasteiger charge is -2.34. The molecule has 1 saturated heterocycles. The number of benzene rings is 1. The second-order valence-corrected chi connectivity index (χ2v) is 6.96. The molecule has 4 rings (SSSR count). The zero-order chi connectivity index (χ0) is 18.3. The number of anilines is 1. The maximum absolute atomic E-state index is 9.75. The van der Waals surface area contributed by atoms with E-state index in [1.807, 2.05) is 24.3 Å². The van der Waals surface area contributed by atoms with Gasteiger partial charge in [0.25, 0.3) is 0 Å². The molecule has 5 nitrogen and oxygen atoms in total. The van der Waals surface area contributed by atoms with E-state index in [9.17, 15) is 5.26 Å². The maximum Gasteiger partial charge on any atom is 0.142 e. The molecule has 0 spiro atoms. The highest BCUT2D eigenvalue weighted by molar-refractivity contribution is 5.80. The second kappa shape index (κ2) is 6.47. The number of rotatable bonds is 4. The summed E-state index contributed by atoms with van der Waals surface area (Å²) < 4.78 is 5.58. The van der Waals surface area contributed by atoms with Crippen LogP contribution in [0.1, 0.15) is 35.7 Å². The maximum atomic E-state index is 9.75. The monoisotopic (exact) mass is 346 g/mol. The van der Waals surface area contributed by atoms with Gasteiger partial charge < -0.3 is 10.5 Å². The van der Waals surface area contributed by atoms with Gasteiger partial charge in [0.05, 0.1) is 0 Å². The van der Waals surface area contributed by atoms with E-state index in [-0.39, 0.29) is 0 Å². The van der Waals surface area contributed by atoms with Crippen LogP contribution in [0.25, 0.3) is 11.1 Å². The average molecular weight is 346 g/mol. The van der Waals surface area contributed by atoms with Gasteiger partial charge in [0, 0.05) is 35.3 Å². The van der Waals surface area contributed by atoms with Crippen LogP contribution in [-0.4, -0.2) is 29.6 Å². The largest absolute Gasteiger partial charge is 0.490 e. The Hall–Kier alpha value is -2.84. The van der Waals surface area contributed by atoms with Gasteiger partial charge in [-0.25, -0.2) is 4.98 Å². The first-order valence-corrected chi connectivity index (χ1v) is 8.92. The van der Waals surface area contributed by atoms with Gasteiger partial charge in [-0.15, -0.1) is 0 Å². The average Bonchev–Trinajstić information content (AvgIpc) is 2.89. The number of pyridine rings is 1. The smallest absolute Gasteiger partial charge is 0.142 e. The Morgan fingerprint density at radius 1 is 1.38 bits per heavy atom. The summed E-state index contributed by atoms with van der Waals surface area (Å²) in [6.45, 7) is 4.13. The fourth-order valence-electron chi connectivity index (χ4n) is 4.30. The van der Waals surface area contributed by atoms with Crippen molar-refractivity contribution in [3.05, 3.63) is 53.7 Å². The highest BCUT2D eigenvalue weighted by Gasteiger charge is 2.40. The van der Waals surface area contributed by atoms with E-state index < -0.39 is 0 Å². The summed E-state index contributed by atoms with van der Waals surface area (Å²) in [6.07, 6.45) is 4.87. The van der Waals surface area contributed by atoms with E-state index >= 15 is 0 Å². The van der Waals surface area contributed by atoms with Crippen molar-refractivity contribution in [2.24, 2.45) is 0 Å². The molecule has 0 aliphatic carbocycles. The van der Waals surface area contributed by atoms with E-state index in [2.05, 4.69) is 29.6 Å². The van der Waals surface area contributed by atoms with Crippen LogP contribution in [-0.2, 0) is 6.42 Å². The highest BCUT2D eigenvalue weighted by Crippen LogP contribution is 2.47. The van der Waals surface area contributed by atoms with Crippen LogP contribution in [0.15, 0.2) is 36.9 Å². The molecule has 2 N–H and O–H groups in total. The number of fused-ring (bicyclic) bond motifs is 4. The van der Waals surface area contributed by atoms with Gasteiger partial charge in [-0.05, 0) is 37.6 Å². The lowest BCUT2D eigenvalue weighted by Crippen LogP contribution is -2.35. The molecule has 0 radical (unpaired) electrons. The normalized spacial score (nSPS) is 21.1. The van der Waals surface area contributed by atoms with Crippen LogP contribution in [0.5, 0.6) is 5.75 Å². The molecule has 2 aliphatic heterocycles. The van der Waals surface area contributed by atoms with Crippen molar-refractivity contribution in [1.82, 2.24) is 9.88 Å². The molecule has 26 heavy (non-hydrogen) atoms. The molecular weight excluding hydrogens is 324 g/mol. The summed E-state index contributed by atoms with van der Waals surface area (Å²) in [5, 5.41) is 9.75. The molecule has 132 valence electrons. The predicted molar refractivity (Wildman–Crippen MR) is 102 cm³/mol. The highest BCUT2D eigenvalue weighted by atomic mass is 16.5. The number of nitrogens with two attached hydrogens (primary N) is 1. The van der Waals surface area contributed by atoms with Gasteiger partial charge in [-0.2, -0.15) is 5.26 Å². The van der Waals surface area contributed by atoms with Crippen molar-refractivity contribution in [2.45, 2.75) is 31.3 Å². The first kappa shape index (κ1) is 16.6. The molecular formula is C21H22N4O. The van der Waals surface area contributed by atoms with E-state index in [1.54, 1.807) is 6.08 Å². The van der Waals surface area contributed by atoms with E-state index in [0.717, 1.165) is 41.8 Å². The minimum Gasteiger partial charge on any atom is -0.490 e. The molecule has 1 aromatic carbocycles. The third kappa shape index (κ3) is 2.54. The number of nitriles is 1. The summed E-state index contributed by atoms with van der Waals surface area (Å²) in [6, 6.07) is 10.9. The number of ether oxygens (including phenoxy) is 1. The molecule has 2 bridgehead atoms. The first-order valence-electron chi connectivity index (χ1n) is 8.92. The molecule has 1 aromatic heterocycles. The van der Waals surface area contributed by atoms with Gasteiger partial charge in [-0.3, -0.25) is 4.90 Å². The van der Waals surface area contributed by atoms with E-state index in [0.29, 0.717) is 30.1 Å². The number of hydrogen-bond acceptors (Lipinski definition) is 5. The van der Waals surface area contributed by atoms with E-state index in [1.165, 1.54) is 5.56 Å². The summed E-state index contributed by atoms with van der Waals surface area (Å²) in [7, 11) is 2.17. The fourth-order valence-corrected chi connectivity index (χ4v) is 4.30. The number of hydrogen-bond donors (Lipinski definition) is 1. The van der Waals surface area contributed by atoms with Gasteiger partial charge >= 0.3 is 0 Å². The topological polar surface area (TPSA) is 75.2 Å². The van der Waals surface area contributed by atoms with Crippen molar-refractivity contribution in [3.8, 4) is 22.9 Å². The van der Waals surface area contributed by atoms with Crippen LogP contribution in [0.3, 0.4) is 0 Å². The molecule has 2 aromatic rings. The van der Waals surface area contributed by atoms with Crippen molar-refractivity contribution >= 4 is 5.82 Å². The van der Waals surface area contributed by atoms with Crippen LogP contribution >= 0.6 is 0 Å². The first-order chi connectivity index (χ1) is 12.6. The molecule has 0 saturated carbocycles. The third-order valence-corrected chi connectivity index (χ3v) is 5.57. The van der Waals surface area contributed by atoms with Crippen LogP contribution < -0.4 is 10.5 Å². The second-order valence-electron chi connectivity index (χ2n) is 6.96. The van der Waals surface area contributed by atoms with Gasteiger partial charge in [-0.1, -0.05) is 24.8 Å². The number of aromatic nitrogens is 1. The van der Waals surface area contributed by atoms with E-state index in [4.69, 9.17) is 10.5 Å². The summed E-state index contributed by atoms with van der Waals surface area (Å²) in [4.78, 5) is 7.02. The molecule has 0 amide bonds. The quantitative estimate of drug-likeness (QED) is 0.858. The lowest BCUT2D eigenvalue weighted by molar-refractivity contribution is 0.222. The van der Waals surface area contributed by atoms with Crippen LogP contribution in [0.4, 0.5) is 5.82 Å². The van der Waals surface area contributed by atoms with Gasteiger partial charge in [0.15, 0.2) is 0 Å². The standard InChI is InChI=1S/C21H22N4O/c1-3-10-26-15-7-4-13(5-8-15)19-16(12-22)21(23)24-17-11-14-6-9-18(20(17)19)25(14)2/h3-5,7-8,14,18H,1,6,9-11H2,2H3,(H2,23,24)/t14-,18+/m0/s1. The predicted octanol–water partition coefficient (Wildman–Crippen LogP) is 3.46. The zero-order valence-corrected chi connectivity index (χ0v) is 14.9. The molecule has 2 atom stereocenters.